The molecule has 0 aliphatic heterocycles. The highest BCUT2D eigenvalue weighted by molar-refractivity contribution is 6.32. The van der Waals surface area contributed by atoms with Crippen LogP contribution in [0.3, 0.4) is 0 Å². The van der Waals surface area contributed by atoms with E-state index in [-0.39, 0.29) is 33.7 Å². The molecule has 0 fully saturated rings. The van der Waals surface area contributed by atoms with Crippen molar-refractivity contribution in [3.63, 3.8) is 0 Å². The molecule has 2 aromatic heterocycles. The summed E-state index contributed by atoms with van der Waals surface area (Å²) < 4.78 is 86.6. The van der Waals surface area contributed by atoms with E-state index < -0.39 is 54.9 Å². The zero-order chi connectivity index (χ0) is 31.9. The number of carbonyl (C=O) groups is 1. The zero-order valence-corrected chi connectivity index (χ0v) is 23.5. The first kappa shape index (κ1) is 32.0. The SMILES string of the molecule is CC(=O)OC(C)c1nc(Cn2nc(-c3ccc(Cl)cc3)n(CC(O)C(F)(F)F)c2=O)nn1-c1ccc(C(F)(F)F)cc1Cl. The predicted molar refractivity (Wildman–Crippen MR) is 140 cm³/mol. The van der Waals surface area contributed by atoms with Crippen molar-refractivity contribution in [2.24, 2.45) is 0 Å². The molecule has 4 aromatic rings. The first-order valence-corrected chi connectivity index (χ1v) is 12.9. The van der Waals surface area contributed by atoms with Gasteiger partial charge in [0.25, 0.3) is 0 Å². The number of nitrogens with zero attached hydrogens (tertiary/aromatic N) is 6. The van der Waals surface area contributed by atoms with Crippen LogP contribution in [0.25, 0.3) is 17.1 Å². The molecule has 0 aliphatic rings. The largest absolute Gasteiger partial charge is 0.455 e. The van der Waals surface area contributed by atoms with Gasteiger partial charge in [-0.25, -0.2) is 19.1 Å². The van der Waals surface area contributed by atoms with Crippen molar-refractivity contribution in [1.29, 1.82) is 0 Å². The van der Waals surface area contributed by atoms with Crippen molar-refractivity contribution in [3.8, 4) is 17.1 Å². The van der Waals surface area contributed by atoms with E-state index in [1.54, 1.807) is 0 Å². The topological polar surface area (TPSA) is 117 Å². The average Bonchev–Trinajstić information content (AvgIpc) is 3.44. The van der Waals surface area contributed by atoms with Crippen molar-refractivity contribution in [3.05, 3.63) is 80.2 Å². The minimum absolute atomic E-state index is 0.0737. The highest BCUT2D eigenvalue weighted by Gasteiger charge is 2.39. The summed E-state index contributed by atoms with van der Waals surface area (Å²) in [6, 6.07) is 8.09. The smallest absolute Gasteiger partial charge is 0.416 e. The molecule has 4 rings (SSSR count). The Morgan fingerprint density at radius 1 is 1.05 bits per heavy atom. The summed E-state index contributed by atoms with van der Waals surface area (Å²) in [7, 11) is 0. The van der Waals surface area contributed by atoms with Crippen LogP contribution in [0.4, 0.5) is 26.3 Å². The lowest BCUT2D eigenvalue weighted by Crippen LogP contribution is -2.37. The minimum atomic E-state index is -5.04. The van der Waals surface area contributed by atoms with E-state index in [1.807, 2.05) is 0 Å². The van der Waals surface area contributed by atoms with Crippen LogP contribution >= 0.6 is 23.2 Å². The summed E-state index contributed by atoms with van der Waals surface area (Å²) in [6.45, 7) is 0.794. The number of rotatable bonds is 8. The molecule has 0 bridgehead atoms. The second-order valence-corrected chi connectivity index (χ2v) is 10.00. The predicted octanol–water partition coefficient (Wildman–Crippen LogP) is 5.21. The number of halogens is 8. The third-order valence-electron chi connectivity index (χ3n) is 5.94. The molecule has 10 nitrogen and oxygen atoms in total. The number of aromatic nitrogens is 6. The fourth-order valence-corrected chi connectivity index (χ4v) is 4.35. The molecule has 0 aliphatic carbocycles. The van der Waals surface area contributed by atoms with Gasteiger partial charge in [-0.1, -0.05) is 23.2 Å². The highest BCUT2D eigenvalue weighted by Crippen LogP contribution is 2.34. The van der Waals surface area contributed by atoms with Gasteiger partial charge in [0.1, 0.15) is 6.54 Å². The lowest BCUT2D eigenvalue weighted by molar-refractivity contribution is -0.207. The summed E-state index contributed by atoms with van der Waals surface area (Å²) in [5.74, 6) is -1.22. The fourth-order valence-electron chi connectivity index (χ4n) is 3.96. The van der Waals surface area contributed by atoms with Gasteiger partial charge in [-0.2, -0.15) is 26.3 Å². The maximum Gasteiger partial charge on any atom is 0.416 e. The van der Waals surface area contributed by atoms with Gasteiger partial charge in [-0.3, -0.25) is 9.36 Å². The number of aliphatic hydroxyl groups is 1. The Labute approximate surface area is 248 Å². The summed E-state index contributed by atoms with van der Waals surface area (Å²) >= 11 is 12.0. The van der Waals surface area contributed by atoms with E-state index in [4.69, 9.17) is 27.9 Å². The molecule has 0 saturated heterocycles. The number of hydrogen-bond donors (Lipinski definition) is 1. The van der Waals surface area contributed by atoms with E-state index in [9.17, 15) is 41.0 Å². The van der Waals surface area contributed by atoms with Crippen LogP contribution in [0, 0.1) is 0 Å². The molecular weight excluding hydrogens is 633 g/mol. The van der Waals surface area contributed by atoms with Gasteiger partial charge in [0.05, 0.1) is 22.8 Å². The van der Waals surface area contributed by atoms with Crippen molar-refractivity contribution >= 4 is 29.2 Å². The number of hydrogen-bond acceptors (Lipinski definition) is 7. The second-order valence-electron chi connectivity index (χ2n) is 9.15. The molecule has 2 atom stereocenters. The van der Waals surface area contributed by atoms with E-state index in [2.05, 4.69) is 15.2 Å². The molecule has 18 heteroatoms. The Hall–Kier alpha value is -3.89. The van der Waals surface area contributed by atoms with Gasteiger partial charge >= 0.3 is 24.0 Å². The summed E-state index contributed by atoms with van der Waals surface area (Å²) in [5.41, 5.74) is -1.97. The Kier molecular flexibility index (Phi) is 8.95. The molecule has 0 saturated carbocycles. The van der Waals surface area contributed by atoms with Crippen molar-refractivity contribution in [1.82, 2.24) is 29.1 Å². The Bertz CT molecular complexity index is 1700. The van der Waals surface area contributed by atoms with Crippen LogP contribution in [0.15, 0.2) is 47.3 Å². The zero-order valence-electron chi connectivity index (χ0n) is 22.0. The molecule has 2 aromatic carbocycles. The van der Waals surface area contributed by atoms with Crippen LogP contribution < -0.4 is 5.69 Å². The number of ether oxygens (including phenoxy) is 1. The van der Waals surface area contributed by atoms with E-state index in [1.165, 1.54) is 31.2 Å². The minimum Gasteiger partial charge on any atom is -0.455 e. The molecule has 0 amide bonds. The van der Waals surface area contributed by atoms with Crippen LogP contribution in [0.5, 0.6) is 0 Å². The quantitative estimate of drug-likeness (QED) is 0.205. The highest BCUT2D eigenvalue weighted by atomic mass is 35.5. The molecule has 0 radical (unpaired) electrons. The molecule has 2 unspecified atom stereocenters. The van der Waals surface area contributed by atoms with Gasteiger partial charge in [0.2, 0.25) is 0 Å². The first-order chi connectivity index (χ1) is 20.0. The normalized spacial score (nSPS) is 13.7. The van der Waals surface area contributed by atoms with Gasteiger partial charge in [-0.05, 0) is 49.4 Å². The summed E-state index contributed by atoms with van der Waals surface area (Å²) in [5, 5.41) is 17.9. The van der Waals surface area contributed by atoms with Crippen molar-refractivity contribution in [2.45, 2.75) is 51.5 Å². The van der Waals surface area contributed by atoms with Crippen LogP contribution in [-0.2, 0) is 28.8 Å². The van der Waals surface area contributed by atoms with Gasteiger partial charge in [0, 0.05) is 17.5 Å². The van der Waals surface area contributed by atoms with Gasteiger partial charge < -0.3 is 9.84 Å². The molecule has 230 valence electrons. The monoisotopic (exact) mass is 652 g/mol. The van der Waals surface area contributed by atoms with Gasteiger partial charge in [-0.15, -0.1) is 10.2 Å². The molecule has 43 heavy (non-hydrogen) atoms. The molecule has 0 spiro atoms. The van der Waals surface area contributed by atoms with Crippen LogP contribution in [0.1, 0.15) is 37.2 Å². The Balaban J connectivity index is 1.81. The maximum atomic E-state index is 13.2. The number of alkyl halides is 6. The van der Waals surface area contributed by atoms with Gasteiger partial charge in [0.15, 0.2) is 29.7 Å². The Morgan fingerprint density at radius 2 is 1.70 bits per heavy atom. The fraction of sp³-hybridized carbons (Fsp3) is 0.320. The van der Waals surface area contributed by atoms with Crippen molar-refractivity contribution in [2.75, 3.05) is 0 Å². The number of carbonyl (C=O) groups excluding carboxylic acids is 1. The van der Waals surface area contributed by atoms with E-state index in [0.29, 0.717) is 15.7 Å². The number of aliphatic hydroxyl groups excluding tert-OH is 1. The third-order valence-corrected chi connectivity index (χ3v) is 6.49. The molecule has 2 heterocycles. The van der Waals surface area contributed by atoms with Crippen molar-refractivity contribution < 1.29 is 41.0 Å². The third kappa shape index (κ3) is 7.19. The molecule has 1 N–H and O–H groups in total. The Morgan fingerprint density at radius 3 is 2.26 bits per heavy atom. The lowest BCUT2D eigenvalue weighted by Gasteiger charge is -2.15. The standard InChI is InChI=1S/C25H20Cl2F6N6O4/c1-12(43-13(2)40)21-34-20(35-39(21)18-8-5-15(9-17(18)27)24(28,29)30)11-38-23(42)37(10-19(41)25(31,32)33)22(36-38)14-3-6-16(26)7-4-14/h3-9,12,19,41H,10-11H2,1-2H3. The summed E-state index contributed by atoms with van der Waals surface area (Å²) in [4.78, 5) is 29.1. The van der Waals surface area contributed by atoms with E-state index >= 15 is 0 Å². The first-order valence-electron chi connectivity index (χ1n) is 12.1. The maximum absolute atomic E-state index is 13.2. The summed E-state index contributed by atoms with van der Waals surface area (Å²) in [6.07, 6.45) is -13.7. The number of esters is 1. The molecular formula is C25H20Cl2F6N6O4. The average molecular weight is 653 g/mol. The van der Waals surface area contributed by atoms with E-state index in [0.717, 1.165) is 28.4 Å². The van der Waals surface area contributed by atoms with Crippen LogP contribution in [-0.4, -0.2) is 52.5 Å². The second kappa shape index (κ2) is 12.0. The number of benzene rings is 2. The van der Waals surface area contributed by atoms with Crippen LogP contribution in [0.2, 0.25) is 10.0 Å². The lowest BCUT2D eigenvalue weighted by atomic mass is 10.2.